The topological polar surface area (TPSA) is 6.48 Å². The van der Waals surface area contributed by atoms with E-state index >= 15 is 0 Å². The first-order valence-corrected chi connectivity index (χ1v) is 6.35. The van der Waals surface area contributed by atoms with E-state index in [4.69, 9.17) is 0 Å². The van der Waals surface area contributed by atoms with E-state index in [1.165, 1.54) is 45.6 Å². The molecule has 0 aromatic heterocycles. The average Bonchev–Trinajstić information content (AvgIpc) is 2.27. The summed E-state index contributed by atoms with van der Waals surface area (Å²) in [5.41, 5.74) is 3.26. The summed E-state index contributed by atoms with van der Waals surface area (Å²) < 4.78 is 0. The van der Waals surface area contributed by atoms with Crippen molar-refractivity contribution in [3.05, 3.63) is 11.1 Å². The smallest absolute Gasteiger partial charge is 0.0438 e. The summed E-state index contributed by atoms with van der Waals surface area (Å²) in [7, 11) is 0. The summed E-state index contributed by atoms with van der Waals surface area (Å²) in [4.78, 5) is 5.32. The van der Waals surface area contributed by atoms with Crippen LogP contribution in [-0.4, -0.2) is 48.6 Å². The lowest BCUT2D eigenvalue weighted by Crippen LogP contribution is -2.61. The number of piperazine rings is 3. The van der Waals surface area contributed by atoms with E-state index in [2.05, 4.69) is 30.6 Å². The van der Waals surface area contributed by atoms with Gasteiger partial charge in [0.05, 0.1) is 0 Å². The van der Waals surface area contributed by atoms with Crippen molar-refractivity contribution < 1.29 is 0 Å². The zero-order chi connectivity index (χ0) is 10.8. The van der Waals surface area contributed by atoms with Gasteiger partial charge in [-0.1, -0.05) is 24.5 Å². The third-order valence-electron chi connectivity index (χ3n) is 3.84. The zero-order valence-electron chi connectivity index (χ0n) is 10.4. The predicted octanol–water partition coefficient (Wildman–Crippen LogP) is 2.12. The Morgan fingerprint density at radius 2 is 1.80 bits per heavy atom. The molecule has 1 atom stereocenters. The van der Waals surface area contributed by atoms with Gasteiger partial charge in [-0.25, -0.2) is 0 Å². The molecule has 3 aliphatic heterocycles. The molecular weight excluding hydrogens is 184 g/mol. The molecule has 0 spiro atoms. The van der Waals surface area contributed by atoms with Gasteiger partial charge in [0.2, 0.25) is 0 Å². The maximum Gasteiger partial charge on any atom is 0.0438 e. The second-order valence-electron chi connectivity index (χ2n) is 5.13. The number of hydrogen-bond acceptors (Lipinski definition) is 2. The first-order chi connectivity index (χ1) is 7.22. The van der Waals surface area contributed by atoms with E-state index in [0.29, 0.717) is 0 Å². The number of allylic oxidation sites excluding steroid dienone is 1. The molecule has 3 aliphatic rings. The Morgan fingerprint density at radius 3 is 2.20 bits per heavy atom. The molecule has 0 N–H and O–H groups in total. The van der Waals surface area contributed by atoms with E-state index in [9.17, 15) is 0 Å². The van der Waals surface area contributed by atoms with Gasteiger partial charge in [-0.05, 0) is 20.3 Å². The Hall–Kier alpha value is -0.340. The molecule has 0 radical (unpaired) electrons. The Kier molecular flexibility index (Phi) is 3.47. The Balaban J connectivity index is 2.12. The van der Waals surface area contributed by atoms with Gasteiger partial charge in [-0.2, -0.15) is 0 Å². The molecule has 0 aromatic carbocycles. The van der Waals surface area contributed by atoms with Gasteiger partial charge in [-0.15, -0.1) is 0 Å². The van der Waals surface area contributed by atoms with Crippen molar-refractivity contribution in [2.24, 2.45) is 0 Å². The van der Waals surface area contributed by atoms with Crippen LogP contribution in [0, 0.1) is 0 Å². The lowest BCUT2D eigenvalue weighted by molar-refractivity contribution is 0.0268. The van der Waals surface area contributed by atoms with E-state index in [1.807, 2.05) is 0 Å². The standard InChI is InChI=1S/C13H24N2/c1-4-5-12(11(2)3)13-10-14-6-8-15(13)9-7-14/h13H,4-10H2,1-3H3. The maximum absolute atomic E-state index is 2.69. The van der Waals surface area contributed by atoms with Crippen molar-refractivity contribution in [3.63, 3.8) is 0 Å². The molecule has 1 unspecified atom stereocenters. The fraction of sp³-hybridized carbons (Fsp3) is 0.846. The minimum absolute atomic E-state index is 0.734. The molecular formula is C13H24N2. The molecule has 2 nitrogen and oxygen atoms in total. The molecule has 3 heterocycles. The third-order valence-corrected chi connectivity index (χ3v) is 3.84. The lowest BCUT2D eigenvalue weighted by Gasteiger charge is -2.48. The molecule has 0 saturated carbocycles. The minimum Gasteiger partial charge on any atom is -0.299 e. The highest BCUT2D eigenvalue weighted by atomic mass is 15.3. The monoisotopic (exact) mass is 208 g/mol. The summed E-state index contributed by atoms with van der Waals surface area (Å²) in [6.45, 7) is 13.3. The van der Waals surface area contributed by atoms with Crippen LogP contribution in [0.25, 0.3) is 0 Å². The first kappa shape index (κ1) is 11.2. The highest BCUT2D eigenvalue weighted by Gasteiger charge is 2.33. The van der Waals surface area contributed by atoms with Crippen LogP contribution in [0.5, 0.6) is 0 Å². The molecule has 2 bridgehead atoms. The van der Waals surface area contributed by atoms with Crippen LogP contribution in [0.4, 0.5) is 0 Å². The Labute approximate surface area is 93.9 Å². The van der Waals surface area contributed by atoms with Crippen molar-refractivity contribution in [1.82, 2.24) is 9.80 Å². The summed E-state index contributed by atoms with van der Waals surface area (Å²) in [5, 5.41) is 0. The molecule has 0 aliphatic carbocycles. The van der Waals surface area contributed by atoms with Crippen molar-refractivity contribution >= 4 is 0 Å². The van der Waals surface area contributed by atoms with E-state index in [-0.39, 0.29) is 0 Å². The maximum atomic E-state index is 2.69. The summed E-state index contributed by atoms with van der Waals surface area (Å²) in [5.74, 6) is 0. The van der Waals surface area contributed by atoms with Gasteiger partial charge in [0.1, 0.15) is 0 Å². The first-order valence-electron chi connectivity index (χ1n) is 6.35. The Bertz CT molecular complexity index is 245. The van der Waals surface area contributed by atoms with Gasteiger partial charge in [0, 0.05) is 38.8 Å². The SMILES string of the molecule is CCCC(=C(C)C)C1CN2CCN1CC2. The van der Waals surface area contributed by atoms with Crippen LogP contribution >= 0.6 is 0 Å². The highest BCUT2D eigenvalue weighted by Crippen LogP contribution is 2.26. The van der Waals surface area contributed by atoms with Gasteiger partial charge in [-0.3, -0.25) is 9.80 Å². The molecule has 3 fully saturated rings. The van der Waals surface area contributed by atoms with E-state index in [0.717, 1.165) is 6.04 Å². The quantitative estimate of drug-likeness (QED) is 0.656. The van der Waals surface area contributed by atoms with Crippen molar-refractivity contribution in [2.45, 2.75) is 39.7 Å². The van der Waals surface area contributed by atoms with Crippen LogP contribution in [-0.2, 0) is 0 Å². The fourth-order valence-electron chi connectivity index (χ4n) is 2.97. The summed E-state index contributed by atoms with van der Waals surface area (Å²) in [6.07, 6.45) is 2.57. The fourth-order valence-corrected chi connectivity index (χ4v) is 2.97. The second-order valence-corrected chi connectivity index (χ2v) is 5.13. The van der Waals surface area contributed by atoms with Crippen LogP contribution in [0.1, 0.15) is 33.6 Å². The van der Waals surface area contributed by atoms with Crippen molar-refractivity contribution in [3.8, 4) is 0 Å². The average molecular weight is 208 g/mol. The molecule has 3 rings (SSSR count). The number of fused-ring (bicyclic) bond motifs is 3. The van der Waals surface area contributed by atoms with E-state index < -0.39 is 0 Å². The van der Waals surface area contributed by atoms with Crippen molar-refractivity contribution in [1.29, 1.82) is 0 Å². The van der Waals surface area contributed by atoms with Gasteiger partial charge >= 0.3 is 0 Å². The highest BCUT2D eigenvalue weighted by molar-refractivity contribution is 5.19. The number of nitrogens with zero attached hydrogens (tertiary/aromatic N) is 2. The molecule has 86 valence electrons. The van der Waals surface area contributed by atoms with Gasteiger partial charge in [0.15, 0.2) is 0 Å². The summed E-state index contributed by atoms with van der Waals surface area (Å²) in [6, 6.07) is 0.734. The minimum atomic E-state index is 0.734. The van der Waals surface area contributed by atoms with Crippen LogP contribution in [0.3, 0.4) is 0 Å². The lowest BCUT2D eigenvalue weighted by atomic mass is 9.93. The number of rotatable bonds is 3. The van der Waals surface area contributed by atoms with Gasteiger partial charge < -0.3 is 0 Å². The van der Waals surface area contributed by atoms with Crippen LogP contribution in [0.2, 0.25) is 0 Å². The summed E-state index contributed by atoms with van der Waals surface area (Å²) >= 11 is 0. The molecule has 3 saturated heterocycles. The van der Waals surface area contributed by atoms with Crippen LogP contribution < -0.4 is 0 Å². The van der Waals surface area contributed by atoms with E-state index in [1.54, 1.807) is 11.1 Å². The van der Waals surface area contributed by atoms with Gasteiger partial charge in [0.25, 0.3) is 0 Å². The molecule has 0 aromatic rings. The zero-order valence-corrected chi connectivity index (χ0v) is 10.4. The molecule has 0 amide bonds. The van der Waals surface area contributed by atoms with Crippen molar-refractivity contribution in [2.75, 3.05) is 32.7 Å². The second kappa shape index (κ2) is 4.67. The normalized spacial score (nSPS) is 34.2. The third kappa shape index (κ3) is 2.26. The van der Waals surface area contributed by atoms with Crippen LogP contribution in [0.15, 0.2) is 11.1 Å². The number of hydrogen-bond donors (Lipinski definition) is 0. The molecule has 15 heavy (non-hydrogen) atoms. The largest absolute Gasteiger partial charge is 0.299 e. The molecule has 2 heteroatoms. The Morgan fingerprint density at radius 1 is 1.13 bits per heavy atom. The predicted molar refractivity (Wildman–Crippen MR) is 65.1 cm³/mol.